The molecule has 0 aromatic carbocycles. The number of aromatic nitrogens is 1. The molecule has 88 valence electrons. The average molecular weight is 246 g/mol. The smallest absolute Gasteiger partial charge is 0.327 e. The molecule has 0 aliphatic carbocycles. The highest BCUT2D eigenvalue weighted by atomic mass is 35.5. The van der Waals surface area contributed by atoms with Crippen LogP contribution >= 0.6 is 12.4 Å². The topological polar surface area (TPSA) is 102 Å². The molecular weight excluding hydrogens is 234 g/mol. The molecule has 8 heteroatoms. The number of nitrogens with one attached hydrogen (secondary N) is 2. The number of halogens is 1. The van der Waals surface area contributed by atoms with E-state index in [-0.39, 0.29) is 18.4 Å². The highest BCUT2D eigenvalue weighted by Crippen LogP contribution is 1.98. The van der Waals surface area contributed by atoms with Gasteiger partial charge in [-0.25, -0.2) is 9.78 Å². The van der Waals surface area contributed by atoms with E-state index >= 15 is 0 Å². The number of carbonyl (C=O) groups excluding carboxylic acids is 1. The molecule has 0 saturated heterocycles. The maximum Gasteiger partial charge on any atom is 0.327 e. The van der Waals surface area contributed by atoms with Gasteiger partial charge in [-0.1, -0.05) is 6.07 Å². The van der Waals surface area contributed by atoms with Crippen molar-refractivity contribution < 1.29 is 9.63 Å². The summed E-state index contributed by atoms with van der Waals surface area (Å²) in [5.41, 5.74) is 5.27. The van der Waals surface area contributed by atoms with Crippen molar-refractivity contribution in [2.75, 3.05) is 12.4 Å². The van der Waals surface area contributed by atoms with E-state index in [1.165, 1.54) is 7.11 Å². The van der Waals surface area contributed by atoms with Crippen LogP contribution in [-0.2, 0) is 4.84 Å². The number of carbonyl (C=O) groups is 1. The number of rotatable bonds is 2. The van der Waals surface area contributed by atoms with Crippen molar-refractivity contribution >= 4 is 30.2 Å². The van der Waals surface area contributed by atoms with Crippen molar-refractivity contribution in [2.24, 2.45) is 10.9 Å². The van der Waals surface area contributed by atoms with Crippen LogP contribution < -0.4 is 16.4 Å². The molecule has 4 N–H and O–H groups in total. The van der Waals surface area contributed by atoms with Gasteiger partial charge in [-0.3, -0.25) is 10.6 Å². The van der Waals surface area contributed by atoms with E-state index in [9.17, 15) is 4.79 Å². The Morgan fingerprint density at radius 3 is 2.88 bits per heavy atom. The molecule has 0 aliphatic heterocycles. The van der Waals surface area contributed by atoms with Crippen LogP contribution in [0.15, 0.2) is 29.6 Å². The number of urea groups is 1. The Morgan fingerprint density at radius 1 is 1.56 bits per heavy atom. The predicted molar refractivity (Wildman–Crippen MR) is 62.3 cm³/mol. The number of nitrogens with two attached hydrogens (primary N) is 1. The van der Waals surface area contributed by atoms with Crippen LogP contribution in [0.25, 0.3) is 0 Å². The van der Waals surface area contributed by atoms with Gasteiger partial charge in [-0.05, 0) is 17.3 Å². The Balaban J connectivity index is 0.00000225. The summed E-state index contributed by atoms with van der Waals surface area (Å²) in [4.78, 5) is 19.5. The molecule has 0 radical (unpaired) electrons. The van der Waals surface area contributed by atoms with Gasteiger partial charge in [0.1, 0.15) is 12.9 Å². The van der Waals surface area contributed by atoms with Gasteiger partial charge in [-0.2, -0.15) is 0 Å². The quantitative estimate of drug-likeness (QED) is 0.401. The molecule has 0 unspecified atom stereocenters. The summed E-state index contributed by atoms with van der Waals surface area (Å²) < 4.78 is 0. The molecule has 1 aromatic rings. The fourth-order valence-corrected chi connectivity index (χ4v) is 0.822. The van der Waals surface area contributed by atoms with Gasteiger partial charge in [0.05, 0.1) is 0 Å². The van der Waals surface area contributed by atoms with E-state index in [4.69, 9.17) is 5.73 Å². The Bertz CT molecular complexity index is 357. The summed E-state index contributed by atoms with van der Waals surface area (Å²) in [6, 6.07) is 4.59. The number of oxime groups is 1. The molecule has 1 aromatic heterocycles. The maximum atomic E-state index is 11.2. The third-order valence-corrected chi connectivity index (χ3v) is 1.34. The van der Waals surface area contributed by atoms with Crippen LogP contribution in [0.3, 0.4) is 0 Å². The van der Waals surface area contributed by atoms with Crippen molar-refractivity contribution in [3.8, 4) is 0 Å². The number of nitrogens with zero attached hydrogens (tertiary/aromatic N) is 2. The van der Waals surface area contributed by atoms with Crippen LogP contribution in [0.1, 0.15) is 0 Å². The Kier molecular flexibility index (Phi) is 6.37. The lowest BCUT2D eigenvalue weighted by atomic mass is 10.5. The summed E-state index contributed by atoms with van der Waals surface area (Å²) in [6.45, 7) is 0. The van der Waals surface area contributed by atoms with Gasteiger partial charge in [0.15, 0.2) is 0 Å². The minimum absolute atomic E-state index is 0. The average Bonchev–Trinajstić information content (AvgIpc) is 2.19. The molecule has 1 rings (SSSR count). The number of hydrogen-bond donors (Lipinski definition) is 3. The van der Waals surface area contributed by atoms with Gasteiger partial charge in [0, 0.05) is 6.20 Å². The van der Waals surface area contributed by atoms with Crippen molar-refractivity contribution in [2.45, 2.75) is 0 Å². The second-order valence-electron chi connectivity index (χ2n) is 2.45. The zero-order chi connectivity index (χ0) is 11.1. The summed E-state index contributed by atoms with van der Waals surface area (Å²) >= 11 is 0. The Labute approximate surface area is 98.5 Å². The van der Waals surface area contributed by atoms with Gasteiger partial charge >= 0.3 is 6.03 Å². The second kappa shape index (κ2) is 7.30. The first kappa shape index (κ1) is 14.0. The number of pyridine rings is 1. The van der Waals surface area contributed by atoms with Gasteiger partial charge < -0.3 is 10.6 Å². The van der Waals surface area contributed by atoms with Crippen LogP contribution in [0.5, 0.6) is 0 Å². The number of hydrogen-bond acceptors (Lipinski definition) is 4. The Hall–Kier alpha value is -2.02. The number of guanidine groups is 1. The van der Waals surface area contributed by atoms with Gasteiger partial charge in [0.25, 0.3) is 0 Å². The van der Waals surface area contributed by atoms with E-state index in [0.717, 1.165) is 0 Å². The summed E-state index contributed by atoms with van der Waals surface area (Å²) in [7, 11) is 1.32. The zero-order valence-electron chi connectivity index (χ0n) is 8.51. The lowest BCUT2D eigenvalue weighted by Gasteiger charge is -2.04. The summed E-state index contributed by atoms with van der Waals surface area (Å²) in [6.07, 6.45) is 1.56. The van der Waals surface area contributed by atoms with E-state index in [2.05, 4.69) is 25.6 Å². The molecule has 2 amide bonds. The molecule has 16 heavy (non-hydrogen) atoms. The fraction of sp³-hybridized carbons (Fsp3) is 0.125. The Morgan fingerprint density at radius 2 is 2.31 bits per heavy atom. The minimum atomic E-state index is -0.535. The third-order valence-electron chi connectivity index (χ3n) is 1.34. The van der Waals surface area contributed by atoms with Crippen molar-refractivity contribution in [1.82, 2.24) is 10.3 Å². The lowest BCUT2D eigenvalue weighted by Crippen LogP contribution is -2.39. The van der Waals surface area contributed by atoms with Crippen LogP contribution in [0, 0.1) is 0 Å². The standard InChI is InChI=1S/C8H11N5O2.ClH/c1-15-13-7(9)12-8(14)11-6-4-2-3-5-10-6;/h2-5H,1H3,(H4,9,10,11,12,13,14);1H. The van der Waals surface area contributed by atoms with Gasteiger partial charge in [0.2, 0.25) is 5.96 Å². The molecule has 0 spiro atoms. The van der Waals surface area contributed by atoms with E-state index in [1.807, 2.05) is 0 Å². The summed E-state index contributed by atoms with van der Waals surface area (Å²) in [5.74, 6) is 0.283. The highest BCUT2D eigenvalue weighted by molar-refractivity contribution is 6.01. The first-order chi connectivity index (χ1) is 7.22. The molecule has 0 fully saturated rings. The third kappa shape index (κ3) is 5.01. The first-order valence-corrected chi connectivity index (χ1v) is 4.08. The van der Waals surface area contributed by atoms with Crippen molar-refractivity contribution in [3.63, 3.8) is 0 Å². The normalized spacial score (nSPS) is 9.94. The number of anilines is 1. The summed E-state index contributed by atoms with van der Waals surface area (Å²) in [5, 5.41) is 8.00. The van der Waals surface area contributed by atoms with Crippen LogP contribution in [-0.4, -0.2) is 24.1 Å². The lowest BCUT2D eigenvalue weighted by molar-refractivity contribution is 0.211. The molecule has 7 nitrogen and oxygen atoms in total. The highest BCUT2D eigenvalue weighted by Gasteiger charge is 2.03. The van der Waals surface area contributed by atoms with Crippen molar-refractivity contribution in [3.05, 3.63) is 24.4 Å². The second-order valence-corrected chi connectivity index (χ2v) is 2.45. The van der Waals surface area contributed by atoms with Crippen LogP contribution in [0.4, 0.5) is 10.6 Å². The van der Waals surface area contributed by atoms with E-state index < -0.39 is 6.03 Å². The number of amides is 2. The van der Waals surface area contributed by atoms with E-state index in [0.29, 0.717) is 5.82 Å². The molecule has 0 bridgehead atoms. The molecule has 0 aliphatic rings. The van der Waals surface area contributed by atoms with Gasteiger partial charge in [-0.15, -0.1) is 12.4 Å². The predicted octanol–water partition coefficient (Wildman–Crippen LogP) is 0.501. The fourth-order valence-electron chi connectivity index (χ4n) is 0.822. The first-order valence-electron chi connectivity index (χ1n) is 4.08. The largest absolute Gasteiger partial charge is 0.396 e. The molecule has 0 saturated carbocycles. The molecule has 1 heterocycles. The maximum absolute atomic E-state index is 11.2. The monoisotopic (exact) mass is 245 g/mol. The molecule has 0 atom stereocenters. The minimum Gasteiger partial charge on any atom is -0.396 e. The van der Waals surface area contributed by atoms with Crippen molar-refractivity contribution in [1.29, 1.82) is 0 Å². The molecular formula is C8H12ClN5O2. The van der Waals surface area contributed by atoms with Crippen LogP contribution in [0.2, 0.25) is 0 Å². The van der Waals surface area contributed by atoms with E-state index in [1.54, 1.807) is 24.4 Å². The SMILES string of the molecule is CON=C(N)NC(=O)Nc1ccccn1.Cl. The zero-order valence-corrected chi connectivity index (χ0v) is 9.32.